The van der Waals surface area contributed by atoms with Gasteiger partial charge in [0.15, 0.2) is 16.5 Å². The van der Waals surface area contributed by atoms with Gasteiger partial charge in [-0.2, -0.15) is 0 Å². The Morgan fingerprint density at radius 3 is 2.95 bits per heavy atom. The van der Waals surface area contributed by atoms with E-state index < -0.39 is 5.97 Å². The van der Waals surface area contributed by atoms with Gasteiger partial charge in [0.25, 0.3) is 0 Å². The van der Waals surface area contributed by atoms with Crippen LogP contribution in [0.15, 0.2) is 29.1 Å². The maximum atomic E-state index is 11.6. The molecule has 110 valence electrons. The predicted molar refractivity (Wildman–Crippen MR) is 85.9 cm³/mol. The standard InChI is InChI=1S/C14H15N3O2S2/c1-9(8-10-4-3-6-20-10)16(2)12-11(13(18)19)17-5-7-21-14(17)15-12/h3-7,9H,8H2,1-2H3,(H,18,19). The molecule has 0 saturated carbocycles. The molecule has 0 saturated heterocycles. The highest BCUT2D eigenvalue weighted by Crippen LogP contribution is 2.26. The van der Waals surface area contributed by atoms with E-state index in [0.717, 1.165) is 6.42 Å². The van der Waals surface area contributed by atoms with E-state index in [4.69, 9.17) is 0 Å². The number of aromatic nitrogens is 2. The summed E-state index contributed by atoms with van der Waals surface area (Å²) in [6.45, 7) is 2.08. The van der Waals surface area contributed by atoms with Crippen LogP contribution >= 0.6 is 22.7 Å². The summed E-state index contributed by atoms with van der Waals surface area (Å²) in [5.41, 5.74) is 0.228. The van der Waals surface area contributed by atoms with Crippen LogP contribution in [-0.2, 0) is 6.42 Å². The molecule has 3 aromatic rings. The molecule has 3 heterocycles. The second kappa shape index (κ2) is 5.50. The van der Waals surface area contributed by atoms with Gasteiger partial charge in [0.2, 0.25) is 0 Å². The number of nitrogens with zero attached hydrogens (tertiary/aromatic N) is 3. The van der Waals surface area contributed by atoms with Gasteiger partial charge in [0, 0.05) is 36.0 Å². The number of thiophene rings is 1. The third-order valence-corrected chi connectivity index (χ3v) is 5.17. The third-order valence-electron chi connectivity index (χ3n) is 3.52. The number of carboxylic acid groups (broad SMARTS) is 1. The van der Waals surface area contributed by atoms with Crippen LogP contribution in [0.3, 0.4) is 0 Å². The summed E-state index contributed by atoms with van der Waals surface area (Å²) in [7, 11) is 1.90. The van der Waals surface area contributed by atoms with Crippen LogP contribution in [0.5, 0.6) is 0 Å². The maximum absolute atomic E-state index is 11.6. The molecule has 0 amide bonds. The summed E-state index contributed by atoms with van der Waals surface area (Å²) < 4.78 is 1.64. The summed E-state index contributed by atoms with van der Waals surface area (Å²) in [5.74, 6) is -0.426. The minimum atomic E-state index is -0.953. The summed E-state index contributed by atoms with van der Waals surface area (Å²) in [4.78, 5) is 20.0. The van der Waals surface area contributed by atoms with Crippen molar-refractivity contribution in [2.45, 2.75) is 19.4 Å². The van der Waals surface area contributed by atoms with E-state index in [9.17, 15) is 9.90 Å². The van der Waals surface area contributed by atoms with Crippen molar-refractivity contribution in [1.29, 1.82) is 0 Å². The molecule has 0 fully saturated rings. The number of thiazole rings is 1. The highest BCUT2D eigenvalue weighted by Gasteiger charge is 2.24. The number of carbonyl (C=O) groups is 1. The van der Waals surface area contributed by atoms with Gasteiger partial charge in [-0.05, 0) is 18.4 Å². The number of hydrogen-bond donors (Lipinski definition) is 1. The molecule has 1 unspecified atom stereocenters. The zero-order chi connectivity index (χ0) is 15.0. The van der Waals surface area contributed by atoms with Crippen molar-refractivity contribution in [2.24, 2.45) is 0 Å². The average Bonchev–Trinajstić information content (AvgIpc) is 3.12. The van der Waals surface area contributed by atoms with Gasteiger partial charge in [-0.25, -0.2) is 9.78 Å². The number of aromatic carboxylic acids is 1. The van der Waals surface area contributed by atoms with Crippen LogP contribution in [0.2, 0.25) is 0 Å². The zero-order valence-electron chi connectivity index (χ0n) is 11.7. The van der Waals surface area contributed by atoms with Gasteiger partial charge in [-0.15, -0.1) is 22.7 Å². The fourth-order valence-electron chi connectivity index (χ4n) is 2.28. The number of carboxylic acids is 1. The number of imidazole rings is 1. The van der Waals surface area contributed by atoms with Crippen LogP contribution in [0.4, 0.5) is 5.82 Å². The third kappa shape index (κ3) is 2.54. The maximum Gasteiger partial charge on any atom is 0.356 e. The lowest BCUT2D eigenvalue weighted by Crippen LogP contribution is -2.32. The van der Waals surface area contributed by atoms with E-state index in [-0.39, 0.29) is 11.7 Å². The molecular formula is C14H15N3O2S2. The molecule has 0 aromatic carbocycles. The Kier molecular flexibility index (Phi) is 3.69. The lowest BCUT2D eigenvalue weighted by atomic mass is 10.2. The monoisotopic (exact) mass is 321 g/mol. The first-order valence-corrected chi connectivity index (χ1v) is 8.28. The normalized spacial score (nSPS) is 12.7. The van der Waals surface area contributed by atoms with Gasteiger partial charge in [-0.1, -0.05) is 6.07 Å². The second-order valence-corrected chi connectivity index (χ2v) is 6.79. The van der Waals surface area contributed by atoms with E-state index in [2.05, 4.69) is 23.4 Å². The number of likely N-dealkylation sites (N-methyl/N-ethyl adjacent to an activating group) is 1. The molecule has 7 heteroatoms. The van der Waals surface area contributed by atoms with Crippen molar-refractivity contribution in [3.63, 3.8) is 0 Å². The van der Waals surface area contributed by atoms with Crippen LogP contribution in [0.25, 0.3) is 4.96 Å². The van der Waals surface area contributed by atoms with Crippen LogP contribution in [-0.4, -0.2) is 33.6 Å². The molecule has 0 bridgehead atoms. The highest BCUT2D eigenvalue weighted by molar-refractivity contribution is 7.15. The zero-order valence-corrected chi connectivity index (χ0v) is 13.3. The van der Waals surface area contributed by atoms with E-state index in [1.165, 1.54) is 16.2 Å². The number of rotatable bonds is 5. The lowest BCUT2D eigenvalue weighted by Gasteiger charge is -2.25. The molecule has 1 N–H and O–H groups in total. The minimum Gasteiger partial charge on any atom is -0.476 e. The quantitative estimate of drug-likeness (QED) is 0.784. The van der Waals surface area contributed by atoms with Crippen molar-refractivity contribution >= 4 is 39.4 Å². The molecule has 0 spiro atoms. The van der Waals surface area contributed by atoms with E-state index in [0.29, 0.717) is 10.8 Å². The Bertz CT molecular complexity index is 760. The molecule has 1 atom stereocenters. The molecule has 5 nitrogen and oxygen atoms in total. The van der Waals surface area contributed by atoms with Crippen LogP contribution < -0.4 is 4.90 Å². The van der Waals surface area contributed by atoms with Crippen molar-refractivity contribution < 1.29 is 9.90 Å². The van der Waals surface area contributed by atoms with Gasteiger partial charge in [0.05, 0.1) is 0 Å². The Hall–Kier alpha value is -1.86. The lowest BCUT2D eigenvalue weighted by molar-refractivity contribution is 0.0690. The molecule has 0 aliphatic heterocycles. The first kappa shape index (κ1) is 14.1. The van der Waals surface area contributed by atoms with Crippen molar-refractivity contribution in [2.75, 3.05) is 11.9 Å². The van der Waals surface area contributed by atoms with Crippen molar-refractivity contribution in [3.8, 4) is 0 Å². The van der Waals surface area contributed by atoms with Crippen LogP contribution in [0, 0.1) is 0 Å². The summed E-state index contributed by atoms with van der Waals surface area (Å²) in [6, 6.07) is 4.30. The number of hydrogen-bond acceptors (Lipinski definition) is 5. The molecule has 3 rings (SSSR count). The fourth-order valence-corrected chi connectivity index (χ4v) is 3.82. The Balaban J connectivity index is 1.93. The number of fused-ring (bicyclic) bond motifs is 1. The largest absolute Gasteiger partial charge is 0.476 e. The van der Waals surface area contributed by atoms with Gasteiger partial charge in [-0.3, -0.25) is 4.40 Å². The van der Waals surface area contributed by atoms with Gasteiger partial charge >= 0.3 is 5.97 Å². The molecular weight excluding hydrogens is 306 g/mol. The van der Waals surface area contributed by atoms with Gasteiger partial charge in [0.1, 0.15) is 0 Å². The molecule has 21 heavy (non-hydrogen) atoms. The SMILES string of the molecule is CC(Cc1cccs1)N(C)c1nc2sccn2c1C(=O)O. The van der Waals surface area contributed by atoms with Crippen molar-refractivity contribution in [1.82, 2.24) is 9.38 Å². The Morgan fingerprint density at radius 2 is 2.29 bits per heavy atom. The van der Waals surface area contributed by atoms with E-state index >= 15 is 0 Å². The highest BCUT2D eigenvalue weighted by atomic mass is 32.1. The Labute approximate surface area is 130 Å². The van der Waals surface area contributed by atoms with E-state index in [1.54, 1.807) is 21.9 Å². The van der Waals surface area contributed by atoms with E-state index in [1.807, 2.05) is 23.4 Å². The van der Waals surface area contributed by atoms with Crippen molar-refractivity contribution in [3.05, 3.63) is 39.7 Å². The Morgan fingerprint density at radius 1 is 1.48 bits per heavy atom. The average molecular weight is 321 g/mol. The molecule has 3 aromatic heterocycles. The predicted octanol–water partition coefficient (Wildman–Crippen LogP) is 3.22. The van der Waals surface area contributed by atoms with Crippen LogP contribution in [0.1, 0.15) is 22.3 Å². The fraction of sp³-hybridized carbons (Fsp3) is 0.286. The summed E-state index contributed by atoms with van der Waals surface area (Å²) >= 11 is 3.15. The summed E-state index contributed by atoms with van der Waals surface area (Å²) in [5, 5.41) is 13.4. The number of anilines is 1. The second-order valence-electron chi connectivity index (χ2n) is 4.89. The van der Waals surface area contributed by atoms with Gasteiger partial charge < -0.3 is 10.0 Å². The summed E-state index contributed by atoms with van der Waals surface area (Å²) in [6.07, 6.45) is 2.62. The molecule has 0 radical (unpaired) electrons. The minimum absolute atomic E-state index is 0.173. The molecule has 0 aliphatic carbocycles. The topological polar surface area (TPSA) is 57.8 Å². The first-order chi connectivity index (χ1) is 10.1. The smallest absolute Gasteiger partial charge is 0.356 e. The molecule has 0 aliphatic rings. The first-order valence-electron chi connectivity index (χ1n) is 6.52.